The molecule has 1 aliphatic rings. The number of methoxy groups -OCH3 is 1. The van der Waals surface area contributed by atoms with Crippen LogP contribution in [0.25, 0.3) is 0 Å². The molecule has 0 saturated carbocycles. The third kappa shape index (κ3) is 3.62. The van der Waals surface area contributed by atoms with E-state index in [2.05, 4.69) is 22.4 Å². The van der Waals surface area contributed by atoms with Crippen LogP contribution < -0.4 is 15.0 Å². The van der Waals surface area contributed by atoms with Crippen molar-refractivity contribution in [2.45, 2.75) is 25.3 Å². The van der Waals surface area contributed by atoms with Gasteiger partial charge in [0.2, 0.25) is 0 Å². The monoisotopic (exact) mass is 327 g/mol. The van der Waals surface area contributed by atoms with Gasteiger partial charge in [-0.1, -0.05) is 6.07 Å². The first-order valence-electron chi connectivity index (χ1n) is 8.42. The third-order valence-corrected chi connectivity index (χ3v) is 4.61. The summed E-state index contributed by atoms with van der Waals surface area (Å²) in [5, 5.41) is 12.6. The molecular formula is C19H25N3O2. The Labute approximate surface area is 143 Å². The molecule has 24 heavy (non-hydrogen) atoms. The van der Waals surface area contributed by atoms with E-state index in [-0.39, 0.29) is 12.6 Å². The van der Waals surface area contributed by atoms with Gasteiger partial charge in [0.1, 0.15) is 11.6 Å². The van der Waals surface area contributed by atoms with Crippen LogP contribution in [-0.4, -0.2) is 37.4 Å². The Kier molecular flexibility index (Phi) is 5.20. The van der Waals surface area contributed by atoms with Crippen molar-refractivity contribution in [3.05, 3.63) is 47.7 Å². The lowest BCUT2D eigenvalue weighted by Gasteiger charge is -2.27. The van der Waals surface area contributed by atoms with Gasteiger partial charge in [-0.2, -0.15) is 0 Å². The molecule has 5 heteroatoms. The molecule has 0 saturated heterocycles. The zero-order valence-corrected chi connectivity index (χ0v) is 14.3. The third-order valence-electron chi connectivity index (χ3n) is 4.61. The molecule has 0 aliphatic heterocycles. The van der Waals surface area contributed by atoms with Crippen LogP contribution in [0.4, 0.5) is 11.5 Å². The number of ether oxygens (including phenoxy) is 1. The molecule has 0 bridgehead atoms. The number of aliphatic hydroxyl groups is 1. The van der Waals surface area contributed by atoms with Crippen LogP contribution >= 0.6 is 0 Å². The predicted octanol–water partition coefficient (Wildman–Crippen LogP) is 3.01. The highest BCUT2D eigenvalue weighted by Gasteiger charge is 2.20. The van der Waals surface area contributed by atoms with E-state index in [0.717, 1.165) is 36.5 Å². The summed E-state index contributed by atoms with van der Waals surface area (Å²) in [7, 11) is 3.66. The highest BCUT2D eigenvalue weighted by molar-refractivity contribution is 5.50. The number of nitrogens with one attached hydrogen (secondary N) is 1. The van der Waals surface area contributed by atoms with Crippen molar-refractivity contribution in [2.75, 3.05) is 37.5 Å². The number of fused-ring (bicyclic) bond motifs is 1. The highest BCUT2D eigenvalue weighted by atomic mass is 16.5. The molecule has 3 rings (SSSR count). The van der Waals surface area contributed by atoms with Crippen LogP contribution in [0.15, 0.2) is 36.5 Å². The number of rotatable bonds is 6. The van der Waals surface area contributed by atoms with E-state index in [1.165, 1.54) is 11.1 Å². The zero-order chi connectivity index (χ0) is 16.9. The summed E-state index contributed by atoms with van der Waals surface area (Å²) in [6.45, 7) is 0.741. The lowest BCUT2D eigenvalue weighted by molar-refractivity contribution is 0.304. The number of nitrogens with zero attached hydrogens (tertiary/aromatic N) is 2. The Balaban J connectivity index is 1.73. The maximum Gasteiger partial charge on any atom is 0.126 e. The molecule has 1 unspecified atom stereocenters. The van der Waals surface area contributed by atoms with Crippen molar-refractivity contribution in [1.82, 2.24) is 4.98 Å². The second-order valence-corrected chi connectivity index (χ2v) is 6.20. The fourth-order valence-electron chi connectivity index (χ4n) is 3.22. The highest BCUT2D eigenvalue weighted by Crippen LogP contribution is 2.34. The maximum absolute atomic E-state index is 9.02. The van der Waals surface area contributed by atoms with Gasteiger partial charge >= 0.3 is 0 Å². The predicted molar refractivity (Wildman–Crippen MR) is 96.9 cm³/mol. The van der Waals surface area contributed by atoms with Crippen LogP contribution in [0.2, 0.25) is 0 Å². The minimum Gasteiger partial charge on any atom is -0.497 e. The molecule has 128 valence electrons. The van der Waals surface area contributed by atoms with Gasteiger partial charge in [0, 0.05) is 13.6 Å². The molecule has 0 spiro atoms. The summed E-state index contributed by atoms with van der Waals surface area (Å²) in [4.78, 5) is 6.51. The topological polar surface area (TPSA) is 57.6 Å². The van der Waals surface area contributed by atoms with Gasteiger partial charge in [-0.25, -0.2) is 4.98 Å². The number of aromatic nitrogens is 1. The van der Waals surface area contributed by atoms with E-state index in [9.17, 15) is 0 Å². The van der Waals surface area contributed by atoms with E-state index >= 15 is 0 Å². The Morgan fingerprint density at radius 2 is 2.21 bits per heavy atom. The van der Waals surface area contributed by atoms with Crippen molar-refractivity contribution in [3.63, 3.8) is 0 Å². The fraction of sp³-hybridized carbons (Fsp3) is 0.421. The molecular weight excluding hydrogens is 302 g/mol. The fourth-order valence-corrected chi connectivity index (χ4v) is 3.22. The molecule has 1 aromatic heterocycles. The zero-order valence-electron chi connectivity index (χ0n) is 14.3. The van der Waals surface area contributed by atoms with E-state index in [0.29, 0.717) is 6.54 Å². The SMILES string of the molecule is COc1ccc2c(c1)CCCC2Nc1ccc(N(C)CCO)cn1. The molecule has 0 radical (unpaired) electrons. The molecule has 2 N–H and O–H groups in total. The van der Waals surface area contributed by atoms with Gasteiger partial charge in [-0.3, -0.25) is 0 Å². The van der Waals surface area contributed by atoms with E-state index in [4.69, 9.17) is 9.84 Å². The van der Waals surface area contributed by atoms with Gasteiger partial charge in [0.25, 0.3) is 0 Å². The smallest absolute Gasteiger partial charge is 0.126 e. The van der Waals surface area contributed by atoms with Crippen LogP contribution in [0.3, 0.4) is 0 Å². The summed E-state index contributed by atoms with van der Waals surface area (Å²) >= 11 is 0. The molecule has 1 aliphatic carbocycles. The van der Waals surface area contributed by atoms with Crippen molar-refractivity contribution >= 4 is 11.5 Å². The Hall–Kier alpha value is -2.27. The first-order valence-corrected chi connectivity index (χ1v) is 8.42. The second-order valence-electron chi connectivity index (χ2n) is 6.20. The van der Waals surface area contributed by atoms with Gasteiger partial charge in [0.15, 0.2) is 0 Å². The molecule has 0 amide bonds. The van der Waals surface area contributed by atoms with Gasteiger partial charge < -0.3 is 20.1 Å². The molecule has 0 fully saturated rings. The number of hydrogen-bond donors (Lipinski definition) is 2. The maximum atomic E-state index is 9.02. The Morgan fingerprint density at radius 1 is 1.33 bits per heavy atom. The van der Waals surface area contributed by atoms with Gasteiger partial charge in [-0.05, 0) is 54.7 Å². The molecule has 1 aromatic carbocycles. The first kappa shape index (κ1) is 16.6. The quantitative estimate of drug-likeness (QED) is 0.854. The number of hydrogen-bond acceptors (Lipinski definition) is 5. The van der Waals surface area contributed by atoms with E-state index < -0.39 is 0 Å². The minimum atomic E-state index is 0.138. The average Bonchev–Trinajstić information content (AvgIpc) is 2.62. The lowest BCUT2D eigenvalue weighted by atomic mass is 9.87. The van der Waals surface area contributed by atoms with Gasteiger partial charge in [-0.15, -0.1) is 0 Å². The van der Waals surface area contributed by atoms with Crippen LogP contribution in [0.5, 0.6) is 5.75 Å². The van der Waals surface area contributed by atoms with E-state index in [1.807, 2.05) is 36.3 Å². The van der Waals surface area contributed by atoms with Crippen LogP contribution in [0, 0.1) is 0 Å². The number of pyridine rings is 1. The Morgan fingerprint density at radius 3 is 2.92 bits per heavy atom. The molecule has 1 atom stereocenters. The van der Waals surface area contributed by atoms with E-state index in [1.54, 1.807) is 7.11 Å². The normalized spacial score (nSPS) is 16.4. The standard InChI is InChI=1S/C19H25N3O2/c1-22(10-11-23)15-6-9-19(20-13-15)21-18-5-3-4-14-12-16(24-2)7-8-17(14)18/h6-9,12-13,18,23H,3-5,10-11H2,1-2H3,(H,20,21). The number of aliphatic hydroxyl groups excluding tert-OH is 1. The minimum absolute atomic E-state index is 0.138. The van der Waals surface area contributed by atoms with Crippen molar-refractivity contribution in [3.8, 4) is 5.75 Å². The summed E-state index contributed by atoms with van der Waals surface area (Å²) in [6, 6.07) is 10.6. The van der Waals surface area contributed by atoms with Crippen LogP contribution in [-0.2, 0) is 6.42 Å². The summed E-state index contributed by atoms with van der Waals surface area (Å²) in [6.07, 6.45) is 5.21. The molecule has 2 aromatic rings. The average molecular weight is 327 g/mol. The van der Waals surface area contributed by atoms with Crippen molar-refractivity contribution < 1.29 is 9.84 Å². The second kappa shape index (κ2) is 7.53. The van der Waals surface area contributed by atoms with Gasteiger partial charge in [0.05, 0.1) is 31.6 Å². The molecule has 5 nitrogen and oxygen atoms in total. The van der Waals surface area contributed by atoms with Crippen LogP contribution in [0.1, 0.15) is 30.0 Å². The lowest BCUT2D eigenvalue weighted by Crippen LogP contribution is -2.21. The largest absolute Gasteiger partial charge is 0.497 e. The number of benzene rings is 1. The first-order chi connectivity index (χ1) is 11.7. The summed E-state index contributed by atoms with van der Waals surface area (Å²) in [5.41, 5.74) is 3.70. The summed E-state index contributed by atoms with van der Waals surface area (Å²) < 4.78 is 5.33. The van der Waals surface area contributed by atoms with Crippen molar-refractivity contribution in [1.29, 1.82) is 0 Å². The number of aryl methyl sites for hydroxylation is 1. The molecule has 1 heterocycles. The number of anilines is 2. The Bertz CT molecular complexity index is 673. The summed E-state index contributed by atoms with van der Waals surface area (Å²) in [5.74, 6) is 1.80. The van der Waals surface area contributed by atoms with Crippen molar-refractivity contribution in [2.24, 2.45) is 0 Å². The number of likely N-dealkylation sites (N-methyl/N-ethyl adjacent to an activating group) is 1.